The molecule has 0 spiro atoms. The minimum Gasteiger partial charge on any atom is -0.341 e. The van der Waals surface area contributed by atoms with Crippen LogP contribution >= 0.6 is 23.1 Å². The second kappa shape index (κ2) is 7.47. The molecule has 5 nitrogen and oxygen atoms in total. The molecule has 1 aliphatic heterocycles. The van der Waals surface area contributed by atoms with Gasteiger partial charge in [0.2, 0.25) is 5.91 Å². The van der Waals surface area contributed by atoms with E-state index in [0.29, 0.717) is 6.42 Å². The molecule has 0 radical (unpaired) electrons. The largest absolute Gasteiger partial charge is 0.341 e. The van der Waals surface area contributed by atoms with Crippen molar-refractivity contribution < 1.29 is 13.2 Å². The first-order valence-electron chi connectivity index (χ1n) is 8.00. The number of hydrogen-bond acceptors (Lipinski definition) is 6. The van der Waals surface area contributed by atoms with Crippen molar-refractivity contribution >= 4 is 38.8 Å². The van der Waals surface area contributed by atoms with Crippen molar-refractivity contribution in [1.82, 2.24) is 9.88 Å². The summed E-state index contributed by atoms with van der Waals surface area (Å²) < 4.78 is 24.1. The predicted molar refractivity (Wildman–Crippen MR) is 103 cm³/mol. The van der Waals surface area contributed by atoms with Crippen LogP contribution in [0.5, 0.6) is 0 Å². The molecule has 0 unspecified atom stereocenters. The summed E-state index contributed by atoms with van der Waals surface area (Å²) >= 11 is 2.94. The molecule has 1 amide bonds. The Balaban J connectivity index is 1.63. The van der Waals surface area contributed by atoms with Gasteiger partial charge in [0.25, 0.3) is 0 Å². The third-order valence-corrected chi connectivity index (χ3v) is 8.09. The van der Waals surface area contributed by atoms with Gasteiger partial charge < -0.3 is 4.90 Å². The fourth-order valence-corrected chi connectivity index (χ4v) is 6.65. The summed E-state index contributed by atoms with van der Waals surface area (Å²) in [6.07, 6.45) is 0.525. The maximum Gasteiger partial charge on any atom is 0.235 e. The molecule has 2 aromatic rings. The molecule has 1 aromatic heterocycles. The summed E-state index contributed by atoms with van der Waals surface area (Å²) in [7, 11) is -1.30. The number of nitrogens with zero attached hydrogens (tertiary/aromatic N) is 2. The molecule has 1 aliphatic rings. The number of sulfone groups is 1. The highest BCUT2D eigenvalue weighted by Gasteiger charge is 2.34. The van der Waals surface area contributed by atoms with Crippen LogP contribution in [0, 0.1) is 0 Å². The lowest BCUT2D eigenvalue weighted by Crippen LogP contribution is -2.41. The number of rotatable bonds is 5. The average molecular weight is 397 g/mol. The monoisotopic (exact) mass is 396 g/mol. The Morgan fingerprint density at radius 1 is 1.36 bits per heavy atom. The molecule has 0 bridgehead atoms. The molecule has 2 heterocycles. The summed E-state index contributed by atoms with van der Waals surface area (Å²) in [6.45, 7) is 1.84. The molecule has 0 aliphatic carbocycles. The first kappa shape index (κ1) is 18.4. The molecule has 1 fully saturated rings. The number of aromatic nitrogens is 1. The van der Waals surface area contributed by atoms with Crippen LogP contribution in [0.4, 0.5) is 0 Å². The second-order valence-electron chi connectivity index (χ2n) is 6.13. The topological polar surface area (TPSA) is 67.3 Å². The van der Waals surface area contributed by atoms with E-state index in [9.17, 15) is 13.2 Å². The fourth-order valence-electron chi connectivity index (χ4n) is 2.80. The minimum atomic E-state index is -3.00. The summed E-state index contributed by atoms with van der Waals surface area (Å²) in [6, 6.07) is 9.71. The van der Waals surface area contributed by atoms with Crippen molar-refractivity contribution in [2.45, 2.75) is 29.0 Å². The summed E-state index contributed by atoms with van der Waals surface area (Å²) in [5.41, 5.74) is 1.96. The molecule has 8 heteroatoms. The smallest absolute Gasteiger partial charge is 0.235 e. The van der Waals surface area contributed by atoms with Crippen LogP contribution in [0.15, 0.2) is 40.1 Å². The number of carbonyl (C=O) groups excluding carboxylic acids is 1. The average Bonchev–Trinajstić information content (AvgIpc) is 3.20. The van der Waals surface area contributed by atoms with E-state index in [4.69, 9.17) is 0 Å². The molecular formula is C17H20N2O3S3. The van der Waals surface area contributed by atoms with E-state index < -0.39 is 9.84 Å². The van der Waals surface area contributed by atoms with E-state index in [1.54, 1.807) is 11.9 Å². The van der Waals surface area contributed by atoms with Crippen molar-refractivity contribution in [3.63, 3.8) is 0 Å². The van der Waals surface area contributed by atoms with Crippen LogP contribution in [-0.4, -0.2) is 54.1 Å². The van der Waals surface area contributed by atoms with Crippen LogP contribution in [0.25, 0.3) is 11.3 Å². The van der Waals surface area contributed by atoms with Crippen LogP contribution in [0.1, 0.15) is 13.3 Å². The van der Waals surface area contributed by atoms with Crippen molar-refractivity contribution in [1.29, 1.82) is 0 Å². The molecule has 3 rings (SSSR count). The lowest BCUT2D eigenvalue weighted by molar-refractivity contribution is -0.130. The third kappa shape index (κ3) is 4.43. The molecule has 25 heavy (non-hydrogen) atoms. The van der Waals surface area contributed by atoms with Gasteiger partial charge in [-0.05, 0) is 13.3 Å². The Bertz CT molecular complexity index is 849. The first-order chi connectivity index (χ1) is 11.9. The highest BCUT2D eigenvalue weighted by molar-refractivity contribution is 8.02. The molecule has 0 saturated carbocycles. The predicted octanol–water partition coefficient (Wildman–Crippen LogP) is 2.94. The van der Waals surface area contributed by atoms with E-state index in [1.807, 2.05) is 42.6 Å². The van der Waals surface area contributed by atoms with Gasteiger partial charge in [0, 0.05) is 24.0 Å². The molecular weight excluding hydrogens is 376 g/mol. The van der Waals surface area contributed by atoms with Crippen LogP contribution in [-0.2, 0) is 14.6 Å². The van der Waals surface area contributed by atoms with Crippen molar-refractivity contribution in [2.24, 2.45) is 0 Å². The van der Waals surface area contributed by atoms with Gasteiger partial charge in [-0.3, -0.25) is 4.79 Å². The number of carbonyl (C=O) groups is 1. The third-order valence-electron chi connectivity index (χ3n) is 4.28. The van der Waals surface area contributed by atoms with Crippen LogP contribution in [0.3, 0.4) is 0 Å². The normalized spacial score (nSPS) is 20.3. The minimum absolute atomic E-state index is 0.0523. The standard InChI is InChI=1S/C17H20N2O3S3/c1-12(16(20)19(2)14-8-9-25(21,22)11-14)24-17-18-15(10-23-17)13-6-4-3-5-7-13/h3-7,10,12,14H,8-9,11H2,1-2H3/t12-,14+/m1/s1. The maximum absolute atomic E-state index is 12.6. The Kier molecular flexibility index (Phi) is 5.50. The molecule has 1 saturated heterocycles. The van der Waals surface area contributed by atoms with E-state index in [0.717, 1.165) is 15.6 Å². The zero-order valence-electron chi connectivity index (χ0n) is 14.1. The van der Waals surface area contributed by atoms with Gasteiger partial charge in [0.1, 0.15) is 0 Å². The highest BCUT2D eigenvalue weighted by atomic mass is 32.2. The molecule has 1 aromatic carbocycles. The number of benzene rings is 1. The molecule has 0 N–H and O–H groups in total. The Hall–Kier alpha value is -1.38. The van der Waals surface area contributed by atoms with Gasteiger partial charge in [0.15, 0.2) is 14.2 Å². The van der Waals surface area contributed by atoms with E-state index >= 15 is 0 Å². The highest BCUT2D eigenvalue weighted by Crippen LogP contribution is 2.31. The van der Waals surface area contributed by atoms with Crippen molar-refractivity contribution in [3.8, 4) is 11.3 Å². The number of thiazole rings is 1. The van der Waals surface area contributed by atoms with E-state index in [1.165, 1.54) is 23.1 Å². The Morgan fingerprint density at radius 3 is 2.72 bits per heavy atom. The Morgan fingerprint density at radius 2 is 2.08 bits per heavy atom. The van der Waals surface area contributed by atoms with Crippen molar-refractivity contribution in [3.05, 3.63) is 35.7 Å². The zero-order valence-corrected chi connectivity index (χ0v) is 16.5. The molecule has 134 valence electrons. The van der Waals surface area contributed by atoms with Gasteiger partial charge in [-0.1, -0.05) is 42.1 Å². The summed E-state index contributed by atoms with van der Waals surface area (Å²) in [5.74, 6) is 0.190. The van der Waals surface area contributed by atoms with Crippen LogP contribution < -0.4 is 0 Å². The van der Waals surface area contributed by atoms with Gasteiger partial charge in [-0.15, -0.1) is 11.3 Å². The SMILES string of the molecule is C[C@@H](Sc1nc(-c2ccccc2)cs1)C(=O)N(C)[C@H]1CCS(=O)(=O)C1. The number of thioether (sulfide) groups is 1. The quantitative estimate of drug-likeness (QED) is 0.727. The Labute approximate surface area is 156 Å². The lowest BCUT2D eigenvalue weighted by Gasteiger charge is -2.25. The first-order valence-corrected chi connectivity index (χ1v) is 11.6. The summed E-state index contributed by atoms with van der Waals surface area (Å²) in [5, 5.41) is 1.69. The lowest BCUT2D eigenvalue weighted by atomic mass is 10.2. The zero-order chi connectivity index (χ0) is 18.0. The molecule has 2 atom stereocenters. The van der Waals surface area contributed by atoms with Crippen LogP contribution in [0.2, 0.25) is 0 Å². The second-order valence-corrected chi connectivity index (χ2v) is 10.8. The van der Waals surface area contributed by atoms with Gasteiger partial charge in [-0.2, -0.15) is 0 Å². The van der Waals surface area contributed by atoms with Gasteiger partial charge in [-0.25, -0.2) is 13.4 Å². The number of hydrogen-bond donors (Lipinski definition) is 0. The maximum atomic E-state index is 12.6. The van der Waals surface area contributed by atoms with Gasteiger partial charge in [0.05, 0.1) is 22.4 Å². The summed E-state index contributed by atoms with van der Waals surface area (Å²) in [4.78, 5) is 18.8. The van der Waals surface area contributed by atoms with Crippen molar-refractivity contribution in [2.75, 3.05) is 18.6 Å². The van der Waals surface area contributed by atoms with E-state index in [-0.39, 0.29) is 28.7 Å². The number of amides is 1. The fraction of sp³-hybridized carbons (Fsp3) is 0.412. The van der Waals surface area contributed by atoms with E-state index in [2.05, 4.69) is 4.98 Å². The van der Waals surface area contributed by atoms with Gasteiger partial charge >= 0.3 is 0 Å².